The fraction of sp³-hybridized carbons (Fsp3) is 0.111. The van der Waals surface area contributed by atoms with Gasteiger partial charge in [-0.1, -0.05) is 48.0 Å². The zero-order valence-corrected chi connectivity index (χ0v) is 13.5. The first-order valence-corrected chi connectivity index (χ1v) is 7.55. The van der Waals surface area contributed by atoms with E-state index in [9.17, 15) is 14.0 Å². The zero-order chi connectivity index (χ0) is 17.3. The van der Waals surface area contributed by atoms with E-state index in [1.807, 2.05) is 0 Å². The molecule has 1 aliphatic heterocycles. The van der Waals surface area contributed by atoms with Gasteiger partial charge in [0.1, 0.15) is 16.6 Å². The molecule has 0 unspecified atom stereocenters. The molecule has 2 aromatic carbocycles. The number of para-hydroxylation sites is 1. The van der Waals surface area contributed by atoms with Crippen molar-refractivity contribution in [3.05, 3.63) is 70.5 Å². The highest BCUT2D eigenvalue weighted by Gasteiger charge is 2.39. The smallest absolute Gasteiger partial charge is 0.273 e. The first-order chi connectivity index (χ1) is 11.5. The van der Waals surface area contributed by atoms with E-state index >= 15 is 0 Å². The fourth-order valence-corrected chi connectivity index (χ4v) is 2.86. The Balaban J connectivity index is 1.98. The molecule has 1 aliphatic rings. The number of imide groups is 1. The monoisotopic (exact) mass is 345 g/mol. The molecule has 0 bridgehead atoms. The van der Waals surface area contributed by atoms with Crippen molar-refractivity contribution < 1.29 is 18.7 Å². The van der Waals surface area contributed by atoms with Gasteiger partial charge in [0.25, 0.3) is 11.8 Å². The van der Waals surface area contributed by atoms with E-state index in [4.69, 9.17) is 16.3 Å². The first kappa shape index (κ1) is 16.2. The number of benzene rings is 2. The molecular weight excluding hydrogens is 333 g/mol. The number of nitrogens with zero attached hydrogens (tertiary/aromatic N) is 1. The summed E-state index contributed by atoms with van der Waals surface area (Å²) < 4.78 is 19.0. The van der Waals surface area contributed by atoms with Gasteiger partial charge in [-0.25, -0.2) is 4.39 Å². The largest absolute Gasteiger partial charge is 0.496 e. The second-order valence-corrected chi connectivity index (χ2v) is 5.56. The second-order valence-electron chi connectivity index (χ2n) is 5.18. The average molecular weight is 346 g/mol. The lowest BCUT2D eigenvalue weighted by molar-refractivity contribution is -0.137. The standard InChI is InChI=1S/C18H13ClFNO3/c1-24-14-9-5-3-7-12(14)15-16(19)18(23)21(17(15)22)10-11-6-2-4-8-13(11)20/h2-9H,10H2,1H3. The summed E-state index contributed by atoms with van der Waals surface area (Å²) in [6, 6.07) is 12.7. The maximum Gasteiger partial charge on any atom is 0.273 e. The Kier molecular flexibility index (Phi) is 4.36. The summed E-state index contributed by atoms with van der Waals surface area (Å²) in [6.07, 6.45) is 0. The molecule has 0 atom stereocenters. The van der Waals surface area contributed by atoms with Crippen molar-refractivity contribution in [2.45, 2.75) is 6.54 Å². The molecule has 0 radical (unpaired) electrons. The van der Waals surface area contributed by atoms with Crippen LogP contribution in [0, 0.1) is 5.82 Å². The van der Waals surface area contributed by atoms with Crippen LogP contribution in [0.15, 0.2) is 53.6 Å². The highest BCUT2D eigenvalue weighted by atomic mass is 35.5. The summed E-state index contributed by atoms with van der Waals surface area (Å²) in [5.41, 5.74) is 0.736. The Hall–Kier alpha value is -2.66. The molecule has 0 saturated carbocycles. The third-order valence-electron chi connectivity index (χ3n) is 3.77. The van der Waals surface area contributed by atoms with Crippen molar-refractivity contribution in [1.29, 1.82) is 0 Å². The first-order valence-electron chi connectivity index (χ1n) is 7.17. The lowest BCUT2D eigenvalue weighted by Gasteiger charge is -2.15. The van der Waals surface area contributed by atoms with Gasteiger partial charge in [0, 0.05) is 11.1 Å². The molecule has 0 saturated heterocycles. The van der Waals surface area contributed by atoms with Gasteiger partial charge in [0.15, 0.2) is 0 Å². The molecule has 122 valence electrons. The van der Waals surface area contributed by atoms with Gasteiger partial charge in [0.2, 0.25) is 0 Å². The molecule has 24 heavy (non-hydrogen) atoms. The number of hydrogen-bond donors (Lipinski definition) is 0. The van der Waals surface area contributed by atoms with Crippen molar-refractivity contribution >= 4 is 29.0 Å². The molecule has 0 spiro atoms. The van der Waals surface area contributed by atoms with Crippen molar-refractivity contribution in [1.82, 2.24) is 4.90 Å². The van der Waals surface area contributed by atoms with Crippen LogP contribution in [-0.4, -0.2) is 23.8 Å². The van der Waals surface area contributed by atoms with Gasteiger partial charge >= 0.3 is 0 Å². The Morgan fingerprint density at radius 3 is 2.42 bits per heavy atom. The lowest BCUT2D eigenvalue weighted by atomic mass is 10.0. The number of carbonyl (C=O) groups is 2. The number of halogens is 2. The molecule has 0 N–H and O–H groups in total. The summed E-state index contributed by atoms with van der Waals surface area (Å²) in [5, 5.41) is -0.194. The number of amides is 2. The molecular formula is C18H13ClFNO3. The van der Waals surface area contributed by atoms with Crippen LogP contribution in [0.25, 0.3) is 5.57 Å². The van der Waals surface area contributed by atoms with E-state index in [-0.39, 0.29) is 22.7 Å². The Morgan fingerprint density at radius 2 is 1.71 bits per heavy atom. The van der Waals surface area contributed by atoms with Crippen molar-refractivity contribution in [2.75, 3.05) is 7.11 Å². The van der Waals surface area contributed by atoms with Gasteiger partial charge in [0.05, 0.1) is 19.2 Å². The molecule has 3 rings (SSSR count). The maximum absolute atomic E-state index is 13.8. The minimum Gasteiger partial charge on any atom is -0.496 e. The molecule has 2 aromatic rings. The predicted octanol–water partition coefficient (Wildman–Crippen LogP) is 3.35. The van der Waals surface area contributed by atoms with Crippen molar-refractivity contribution in [2.24, 2.45) is 0 Å². The van der Waals surface area contributed by atoms with Crippen molar-refractivity contribution in [3.63, 3.8) is 0 Å². The highest BCUT2D eigenvalue weighted by Crippen LogP contribution is 2.36. The third kappa shape index (κ3) is 2.67. The SMILES string of the molecule is COc1ccccc1C1=C(Cl)C(=O)N(Cc2ccccc2F)C1=O. The quantitative estimate of drug-likeness (QED) is 0.798. The van der Waals surface area contributed by atoms with Crippen LogP contribution in [0.4, 0.5) is 4.39 Å². The zero-order valence-electron chi connectivity index (χ0n) is 12.8. The third-order valence-corrected chi connectivity index (χ3v) is 4.12. The highest BCUT2D eigenvalue weighted by molar-refractivity contribution is 6.55. The van der Waals surface area contributed by atoms with Crippen LogP contribution in [0.2, 0.25) is 0 Å². The van der Waals surface area contributed by atoms with Crippen LogP contribution in [0.3, 0.4) is 0 Å². The van der Waals surface area contributed by atoms with E-state index in [2.05, 4.69) is 0 Å². The van der Waals surface area contributed by atoms with E-state index < -0.39 is 17.6 Å². The summed E-state index contributed by atoms with van der Waals surface area (Å²) in [4.78, 5) is 26.0. The van der Waals surface area contributed by atoms with Gasteiger partial charge in [-0.2, -0.15) is 0 Å². The maximum atomic E-state index is 13.8. The summed E-state index contributed by atoms with van der Waals surface area (Å²) >= 11 is 6.11. The molecule has 4 nitrogen and oxygen atoms in total. The Morgan fingerprint density at radius 1 is 1.04 bits per heavy atom. The van der Waals surface area contributed by atoms with Crippen LogP contribution >= 0.6 is 11.6 Å². The lowest BCUT2D eigenvalue weighted by Crippen LogP contribution is -2.31. The summed E-state index contributed by atoms with van der Waals surface area (Å²) in [6.45, 7) is -0.181. The van der Waals surface area contributed by atoms with Crippen LogP contribution in [0.5, 0.6) is 5.75 Å². The molecule has 2 amide bonds. The van der Waals surface area contributed by atoms with Crippen LogP contribution in [-0.2, 0) is 16.1 Å². The average Bonchev–Trinajstić information content (AvgIpc) is 2.80. The number of rotatable bonds is 4. The van der Waals surface area contributed by atoms with E-state index in [1.54, 1.807) is 30.3 Å². The fourth-order valence-electron chi connectivity index (χ4n) is 2.57. The van der Waals surface area contributed by atoms with Gasteiger partial charge in [-0.3, -0.25) is 14.5 Å². The Labute approximate surface area is 143 Å². The number of carbonyl (C=O) groups excluding carboxylic acids is 2. The van der Waals surface area contributed by atoms with E-state index in [1.165, 1.54) is 25.3 Å². The summed E-state index contributed by atoms with van der Waals surface area (Å²) in [5.74, 6) is -1.27. The number of ether oxygens (including phenoxy) is 1. The summed E-state index contributed by atoms with van der Waals surface area (Å²) in [7, 11) is 1.46. The number of hydrogen-bond acceptors (Lipinski definition) is 3. The topological polar surface area (TPSA) is 46.6 Å². The minimum absolute atomic E-state index is 0.0652. The predicted molar refractivity (Wildman–Crippen MR) is 87.7 cm³/mol. The van der Waals surface area contributed by atoms with Crippen LogP contribution in [0.1, 0.15) is 11.1 Å². The van der Waals surface area contributed by atoms with Gasteiger partial charge in [-0.05, 0) is 12.1 Å². The van der Waals surface area contributed by atoms with Crippen LogP contribution < -0.4 is 4.74 Å². The normalized spacial score (nSPS) is 14.5. The minimum atomic E-state index is -0.647. The van der Waals surface area contributed by atoms with Gasteiger partial charge in [-0.15, -0.1) is 0 Å². The van der Waals surface area contributed by atoms with Crippen molar-refractivity contribution in [3.8, 4) is 5.75 Å². The molecule has 0 aliphatic carbocycles. The van der Waals surface area contributed by atoms with E-state index in [0.717, 1.165) is 4.90 Å². The molecule has 6 heteroatoms. The van der Waals surface area contributed by atoms with Gasteiger partial charge < -0.3 is 4.74 Å². The Bertz CT molecular complexity index is 863. The number of methoxy groups -OCH3 is 1. The molecule has 0 aromatic heterocycles. The molecule has 1 heterocycles. The van der Waals surface area contributed by atoms with E-state index in [0.29, 0.717) is 11.3 Å². The molecule has 0 fully saturated rings. The second kappa shape index (κ2) is 6.45.